The van der Waals surface area contributed by atoms with Crippen LogP contribution in [0.4, 0.5) is 10.5 Å². The second-order valence-electron chi connectivity index (χ2n) is 7.72. The van der Waals surface area contributed by atoms with Gasteiger partial charge in [-0.2, -0.15) is 0 Å². The number of ether oxygens (including phenoxy) is 2. The lowest BCUT2D eigenvalue weighted by atomic mass is 10.1. The molecule has 4 amide bonds. The number of methoxy groups -OCH3 is 1. The van der Waals surface area contributed by atoms with E-state index in [1.807, 2.05) is 19.1 Å². The van der Waals surface area contributed by atoms with Crippen LogP contribution in [0.2, 0.25) is 5.02 Å². The number of nitrogens with one attached hydrogen (secondary N) is 1. The van der Waals surface area contributed by atoms with Crippen molar-refractivity contribution >= 4 is 57.1 Å². The third kappa shape index (κ3) is 5.39. The fourth-order valence-corrected chi connectivity index (χ4v) is 3.97. The largest absolute Gasteiger partial charge is 0.493 e. The zero-order chi connectivity index (χ0) is 25.1. The van der Waals surface area contributed by atoms with Crippen LogP contribution in [0.5, 0.6) is 11.5 Å². The topological polar surface area (TPSA) is 84.9 Å². The van der Waals surface area contributed by atoms with E-state index in [1.165, 1.54) is 13.2 Å². The van der Waals surface area contributed by atoms with Crippen LogP contribution in [0.1, 0.15) is 16.7 Å². The molecule has 0 spiro atoms. The minimum absolute atomic E-state index is 0.181. The molecule has 0 atom stereocenters. The number of urea groups is 1. The first-order valence-corrected chi connectivity index (χ1v) is 11.7. The summed E-state index contributed by atoms with van der Waals surface area (Å²) in [5, 5.41) is 2.84. The van der Waals surface area contributed by atoms with Crippen LogP contribution in [0.15, 0.2) is 70.7 Å². The van der Waals surface area contributed by atoms with Gasteiger partial charge in [0.2, 0.25) is 0 Å². The van der Waals surface area contributed by atoms with Crippen molar-refractivity contribution in [3.63, 3.8) is 0 Å². The van der Waals surface area contributed by atoms with Gasteiger partial charge in [-0.1, -0.05) is 45.7 Å². The number of nitrogens with zero attached hydrogens (tertiary/aromatic N) is 1. The molecule has 0 saturated carbocycles. The van der Waals surface area contributed by atoms with Crippen LogP contribution in [0, 0.1) is 6.92 Å². The third-order valence-electron chi connectivity index (χ3n) is 5.28. The van der Waals surface area contributed by atoms with Gasteiger partial charge in [0.05, 0.1) is 12.8 Å². The van der Waals surface area contributed by atoms with Crippen LogP contribution in [0.3, 0.4) is 0 Å². The van der Waals surface area contributed by atoms with E-state index in [0.29, 0.717) is 27.8 Å². The quantitative estimate of drug-likeness (QED) is 0.313. The van der Waals surface area contributed by atoms with Crippen molar-refractivity contribution in [3.05, 3.63) is 92.4 Å². The van der Waals surface area contributed by atoms with Gasteiger partial charge in [0, 0.05) is 9.50 Å². The van der Waals surface area contributed by atoms with Crippen molar-refractivity contribution in [2.24, 2.45) is 0 Å². The van der Waals surface area contributed by atoms with E-state index in [2.05, 4.69) is 21.2 Å². The highest BCUT2D eigenvalue weighted by atomic mass is 79.9. The monoisotopic (exact) mass is 554 g/mol. The normalized spacial score (nSPS) is 14.8. The summed E-state index contributed by atoms with van der Waals surface area (Å²) in [5.41, 5.74) is 2.43. The minimum atomic E-state index is -0.804. The van der Waals surface area contributed by atoms with Gasteiger partial charge in [-0.25, -0.2) is 9.69 Å². The maximum Gasteiger partial charge on any atom is 0.335 e. The van der Waals surface area contributed by atoms with E-state index in [4.69, 9.17) is 21.1 Å². The Morgan fingerprint density at radius 3 is 2.54 bits per heavy atom. The van der Waals surface area contributed by atoms with Crippen molar-refractivity contribution in [3.8, 4) is 11.5 Å². The van der Waals surface area contributed by atoms with Crippen LogP contribution < -0.4 is 19.7 Å². The maximum absolute atomic E-state index is 13.2. The molecule has 0 aromatic heterocycles. The lowest BCUT2D eigenvalue weighted by molar-refractivity contribution is -0.122. The van der Waals surface area contributed by atoms with Crippen LogP contribution >= 0.6 is 27.5 Å². The lowest BCUT2D eigenvalue weighted by Gasteiger charge is -2.26. The fourth-order valence-electron chi connectivity index (χ4n) is 3.51. The summed E-state index contributed by atoms with van der Waals surface area (Å²) in [4.78, 5) is 39.0. The number of carbonyl (C=O) groups excluding carboxylic acids is 3. The Labute approximate surface area is 215 Å². The summed E-state index contributed by atoms with van der Waals surface area (Å²) in [7, 11) is 1.49. The Morgan fingerprint density at radius 2 is 1.83 bits per heavy atom. The SMILES string of the molecule is COc1cc(/C=C2/C(=O)NC(=O)N(c3ccc(Br)c(C)c3)C2=O)ccc1OCc1cccc(Cl)c1. The van der Waals surface area contributed by atoms with E-state index in [-0.39, 0.29) is 12.2 Å². The van der Waals surface area contributed by atoms with Crippen molar-refractivity contribution in [2.45, 2.75) is 13.5 Å². The third-order valence-corrected chi connectivity index (χ3v) is 6.41. The fraction of sp³-hybridized carbons (Fsp3) is 0.115. The number of halogens is 2. The Morgan fingerprint density at radius 1 is 1.03 bits per heavy atom. The molecule has 1 saturated heterocycles. The van der Waals surface area contributed by atoms with Crippen molar-refractivity contribution < 1.29 is 23.9 Å². The lowest BCUT2D eigenvalue weighted by Crippen LogP contribution is -2.54. The summed E-state index contributed by atoms with van der Waals surface area (Å²) in [6, 6.07) is 16.6. The zero-order valence-electron chi connectivity index (χ0n) is 18.8. The second kappa shape index (κ2) is 10.3. The first-order chi connectivity index (χ1) is 16.8. The van der Waals surface area contributed by atoms with E-state index < -0.39 is 17.8 Å². The molecule has 1 heterocycles. The van der Waals surface area contributed by atoms with Crippen molar-refractivity contribution in [2.75, 3.05) is 12.0 Å². The molecule has 35 heavy (non-hydrogen) atoms. The van der Waals surface area contributed by atoms with Crippen LogP contribution in [0.25, 0.3) is 6.08 Å². The first-order valence-electron chi connectivity index (χ1n) is 10.5. The van der Waals surface area contributed by atoms with E-state index in [0.717, 1.165) is 20.5 Å². The number of rotatable bonds is 6. The molecule has 3 aromatic carbocycles. The molecular weight excluding hydrogens is 536 g/mol. The average molecular weight is 556 g/mol. The van der Waals surface area contributed by atoms with Crippen molar-refractivity contribution in [1.82, 2.24) is 5.32 Å². The minimum Gasteiger partial charge on any atom is -0.493 e. The summed E-state index contributed by atoms with van der Waals surface area (Å²) >= 11 is 9.42. The van der Waals surface area contributed by atoms with Gasteiger partial charge in [-0.15, -0.1) is 0 Å². The highest BCUT2D eigenvalue weighted by Crippen LogP contribution is 2.31. The number of aryl methyl sites for hydroxylation is 1. The van der Waals surface area contributed by atoms with Crippen molar-refractivity contribution in [1.29, 1.82) is 0 Å². The molecule has 1 aliphatic rings. The standard InChI is InChI=1S/C26H20BrClN2O5/c1-15-10-19(7-8-21(15)27)30-25(32)20(24(31)29-26(30)33)12-16-6-9-22(23(13-16)34-2)35-14-17-4-3-5-18(28)11-17/h3-13H,14H2,1-2H3,(H,29,31,33)/b20-12-. The molecule has 0 bridgehead atoms. The molecule has 1 N–H and O–H groups in total. The Bertz CT molecular complexity index is 1370. The van der Waals surface area contributed by atoms with E-state index >= 15 is 0 Å². The van der Waals surface area contributed by atoms with Gasteiger partial charge in [-0.05, 0) is 72.2 Å². The summed E-state index contributed by atoms with van der Waals surface area (Å²) in [6.45, 7) is 2.12. The molecule has 3 aromatic rings. The highest BCUT2D eigenvalue weighted by molar-refractivity contribution is 9.10. The molecule has 4 rings (SSSR count). The molecule has 9 heteroatoms. The molecule has 0 aliphatic carbocycles. The molecule has 0 radical (unpaired) electrons. The van der Waals surface area contributed by atoms with Gasteiger partial charge in [0.1, 0.15) is 12.2 Å². The van der Waals surface area contributed by atoms with Crippen LogP contribution in [-0.2, 0) is 16.2 Å². The second-order valence-corrected chi connectivity index (χ2v) is 9.01. The molecule has 1 fully saturated rings. The number of hydrogen-bond donors (Lipinski definition) is 1. The summed E-state index contributed by atoms with van der Waals surface area (Å²) in [6.07, 6.45) is 1.41. The predicted octanol–water partition coefficient (Wildman–Crippen LogP) is 5.66. The zero-order valence-corrected chi connectivity index (χ0v) is 21.1. The number of amides is 4. The van der Waals surface area contributed by atoms with E-state index in [1.54, 1.807) is 48.5 Å². The molecule has 1 aliphatic heterocycles. The Kier molecular flexibility index (Phi) is 7.23. The van der Waals surface area contributed by atoms with Crippen LogP contribution in [-0.4, -0.2) is 25.0 Å². The maximum atomic E-state index is 13.2. The predicted molar refractivity (Wildman–Crippen MR) is 137 cm³/mol. The Hall–Kier alpha value is -3.62. The average Bonchev–Trinajstić information content (AvgIpc) is 2.83. The first kappa shape index (κ1) is 24.5. The van der Waals surface area contributed by atoms with Gasteiger partial charge >= 0.3 is 6.03 Å². The van der Waals surface area contributed by atoms with Gasteiger partial charge in [0.15, 0.2) is 11.5 Å². The molecule has 178 valence electrons. The van der Waals surface area contributed by atoms with Gasteiger partial charge < -0.3 is 9.47 Å². The van der Waals surface area contributed by atoms with E-state index in [9.17, 15) is 14.4 Å². The number of imide groups is 2. The number of barbiturate groups is 1. The van der Waals surface area contributed by atoms with Gasteiger partial charge in [0.25, 0.3) is 11.8 Å². The molecule has 7 nitrogen and oxygen atoms in total. The van der Waals surface area contributed by atoms with Gasteiger partial charge in [-0.3, -0.25) is 14.9 Å². The molecule has 0 unspecified atom stereocenters. The summed E-state index contributed by atoms with van der Waals surface area (Å²) < 4.78 is 12.1. The number of benzene rings is 3. The Balaban J connectivity index is 1.60. The smallest absolute Gasteiger partial charge is 0.335 e. The molecular formula is C26H20BrClN2O5. The highest BCUT2D eigenvalue weighted by Gasteiger charge is 2.37. The number of anilines is 1. The number of carbonyl (C=O) groups is 3. The number of hydrogen-bond acceptors (Lipinski definition) is 5. The summed E-state index contributed by atoms with van der Waals surface area (Å²) in [5.74, 6) is -0.594.